The van der Waals surface area contributed by atoms with Gasteiger partial charge in [-0.1, -0.05) is 6.07 Å². The number of nitrogens with zero attached hydrogens (tertiary/aromatic N) is 2. The first-order valence-corrected chi connectivity index (χ1v) is 9.75. The summed E-state index contributed by atoms with van der Waals surface area (Å²) in [5.74, 6) is 1.88. The molecule has 10 heteroatoms. The van der Waals surface area contributed by atoms with E-state index < -0.39 is 6.10 Å². The molecule has 3 rings (SSSR count). The highest BCUT2D eigenvalue weighted by molar-refractivity contribution is 5.95. The molecule has 0 spiro atoms. The SMILES string of the molecule is COc1ccc(C(=O)N2C[C@H](O)[C@@H](N(C)C)C2)cc1Oc1cccc(OC)c1CN.Cl.Cl. The summed E-state index contributed by atoms with van der Waals surface area (Å²) < 4.78 is 16.9. The zero-order valence-electron chi connectivity index (χ0n) is 18.6. The topological polar surface area (TPSA) is 97.5 Å². The van der Waals surface area contributed by atoms with Crippen molar-refractivity contribution in [1.29, 1.82) is 0 Å². The van der Waals surface area contributed by atoms with E-state index in [0.717, 1.165) is 5.56 Å². The number of β-amino-alcohol motifs (C(OH)–C–C–N with tert-alkyl or cyclic N) is 1. The molecular weight excluding hydrogens is 457 g/mol. The molecule has 1 aliphatic heterocycles. The van der Waals surface area contributed by atoms with Crippen LogP contribution >= 0.6 is 24.8 Å². The van der Waals surface area contributed by atoms with Crippen LogP contribution in [0.1, 0.15) is 15.9 Å². The van der Waals surface area contributed by atoms with Crippen LogP contribution in [0.2, 0.25) is 0 Å². The lowest BCUT2D eigenvalue weighted by atomic mass is 10.1. The highest BCUT2D eigenvalue weighted by Crippen LogP contribution is 2.37. The van der Waals surface area contributed by atoms with Crippen LogP contribution in [0.15, 0.2) is 36.4 Å². The first-order valence-electron chi connectivity index (χ1n) is 9.75. The lowest BCUT2D eigenvalue weighted by Crippen LogP contribution is -2.38. The van der Waals surface area contributed by atoms with E-state index in [1.165, 1.54) is 7.11 Å². The summed E-state index contributed by atoms with van der Waals surface area (Å²) in [6.45, 7) is 0.984. The van der Waals surface area contributed by atoms with Gasteiger partial charge in [-0.2, -0.15) is 0 Å². The molecule has 178 valence electrons. The number of hydrogen-bond acceptors (Lipinski definition) is 7. The number of rotatable bonds is 7. The third-order valence-corrected chi connectivity index (χ3v) is 5.35. The fraction of sp³-hybridized carbons (Fsp3) is 0.409. The van der Waals surface area contributed by atoms with Gasteiger partial charge in [0.2, 0.25) is 0 Å². The first kappa shape index (κ1) is 27.8. The summed E-state index contributed by atoms with van der Waals surface area (Å²) in [5, 5.41) is 10.3. The number of likely N-dealkylation sites (tertiary alicyclic amines) is 1. The molecule has 2 atom stereocenters. The smallest absolute Gasteiger partial charge is 0.254 e. The summed E-state index contributed by atoms with van der Waals surface area (Å²) in [5.41, 5.74) is 7.05. The number of likely N-dealkylation sites (N-methyl/N-ethyl adjacent to an activating group) is 1. The van der Waals surface area contributed by atoms with Crippen LogP contribution in [0.4, 0.5) is 0 Å². The van der Waals surface area contributed by atoms with Crippen molar-refractivity contribution in [2.45, 2.75) is 18.7 Å². The standard InChI is InChI=1S/C22H29N3O5.2ClH/c1-24(2)16-12-25(13-17(16)26)22(27)14-8-9-20(29-4)21(10-14)30-19-7-5-6-18(28-3)15(19)11-23;;/h5-10,16-17,26H,11-13,23H2,1-4H3;2*1H/t16-,17-;;/m0../s1. The molecule has 1 heterocycles. The lowest BCUT2D eigenvalue weighted by molar-refractivity contribution is 0.0763. The van der Waals surface area contributed by atoms with Gasteiger partial charge in [0, 0.05) is 25.2 Å². The maximum atomic E-state index is 13.0. The van der Waals surface area contributed by atoms with Crippen molar-refractivity contribution in [3.8, 4) is 23.0 Å². The Morgan fingerprint density at radius 3 is 2.28 bits per heavy atom. The number of halogens is 2. The number of aliphatic hydroxyl groups excluding tert-OH is 1. The van der Waals surface area contributed by atoms with Gasteiger partial charge < -0.3 is 34.9 Å². The molecule has 1 aliphatic rings. The number of methoxy groups -OCH3 is 2. The number of ether oxygens (including phenoxy) is 3. The Morgan fingerprint density at radius 1 is 1.06 bits per heavy atom. The number of benzene rings is 2. The summed E-state index contributed by atoms with van der Waals surface area (Å²) >= 11 is 0. The average Bonchev–Trinajstić information content (AvgIpc) is 3.14. The van der Waals surface area contributed by atoms with Crippen molar-refractivity contribution < 1.29 is 24.1 Å². The van der Waals surface area contributed by atoms with Gasteiger partial charge >= 0.3 is 0 Å². The second-order valence-corrected chi connectivity index (χ2v) is 7.42. The first-order chi connectivity index (χ1) is 14.4. The number of aliphatic hydroxyl groups is 1. The van der Waals surface area contributed by atoms with Crippen molar-refractivity contribution in [3.63, 3.8) is 0 Å². The van der Waals surface area contributed by atoms with E-state index in [4.69, 9.17) is 19.9 Å². The van der Waals surface area contributed by atoms with Gasteiger partial charge in [0.25, 0.3) is 5.91 Å². The number of carbonyl (C=O) groups excluding carboxylic acids is 1. The molecule has 1 saturated heterocycles. The molecule has 2 aromatic carbocycles. The zero-order chi connectivity index (χ0) is 21.8. The average molecular weight is 488 g/mol. The van der Waals surface area contributed by atoms with Crippen molar-refractivity contribution in [1.82, 2.24) is 9.80 Å². The van der Waals surface area contributed by atoms with Gasteiger partial charge in [0.05, 0.1) is 31.9 Å². The van der Waals surface area contributed by atoms with E-state index in [2.05, 4.69) is 0 Å². The van der Waals surface area contributed by atoms with Crippen LogP contribution in [0, 0.1) is 0 Å². The largest absolute Gasteiger partial charge is 0.496 e. The van der Waals surface area contributed by atoms with E-state index in [-0.39, 0.29) is 49.9 Å². The quantitative estimate of drug-likeness (QED) is 0.618. The zero-order valence-corrected chi connectivity index (χ0v) is 20.2. The Balaban J connectivity index is 0.00000256. The van der Waals surface area contributed by atoms with Crippen LogP contribution in [0.3, 0.4) is 0 Å². The predicted molar refractivity (Wildman–Crippen MR) is 128 cm³/mol. The van der Waals surface area contributed by atoms with Crippen LogP contribution in [-0.2, 0) is 6.54 Å². The molecular formula is C22H31Cl2N3O5. The molecule has 0 radical (unpaired) electrons. The van der Waals surface area contributed by atoms with E-state index in [1.807, 2.05) is 31.1 Å². The normalized spacial score (nSPS) is 17.4. The van der Waals surface area contributed by atoms with Gasteiger partial charge in [-0.05, 0) is 44.4 Å². The minimum Gasteiger partial charge on any atom is -0.496 e. The third kappa shape index (κ3) is 5.76. The number of amides is 1. The molecule has 32 heavy (non-hydrogen) atoms. The van der Waals surface area contributed by atoms with Crippen LogP contribution in [0.5, 0.6) is 23.0 Å². The minimum atomic E-state index is -0.582. The molecule has 3 N–H and O–H groups in total. The Bertz CT molecular complexity index is 913. The number of nitrogens with two attached hydrogens (primary N) is 1. The van der Waals surface area contributed by atoms with E-state index >= 15 is 0 Å². The van der Waals surface area contributed by atoms with Crippen LogP contribution in [-0.4, -0.2) is 74.4 Å². The highest BCUT2D eigenvalue weighted by Gasteiger charge is 2.35. The Kier molecular flexibility index (Phi) is 10.5. The molecule has 2 aromatic rings. The fourth-order valence-electron chi connectivity index (χ4n) is 3.67. The number of hydrogen-bond donors (Lipinski definition) is 2. The van der Waals surface area contributed by atoms with Crippen LogP contribution in [0.25, 0.3) is 0 Å². The monoisotopic (exact) mass is 487 g/mol. The third-order valence-electron chi connectivity index (χ3n) is 5.35. The van der Waals surface area contributed by atoms with Crippen molar-refractivity contribution in [2.24, 2.45) is 5.73 Å². The van der Waals surface area contributed by atoms with E-state index in [1.54, 1.807) is 36.3 Å². The fourth-order valence-corrected chi connectivity index (χ4v) is 3.67. The van der Waals surface area contributed by atoms with Gasteiger partial charge in [-0.15, -0.1) is 24.8 Å². The van der Waals surface area contributed by atoms with Gasteiger partial charge in [-0.3, -0.25) is 4.79 Å². The molecule has 0 aromatic heterocycles. The highest BCUT2D eigenvalue weighted by atomic mass is 35.5. The van der Waals surface area contributed by atoms with Crippen molar-refractivity contribution >= 4 is 30.7 Å². The molecule has 1 amide bonds. The molecule has 8 nitrogen and oxygen atoms in total. The minimum absolute atomic E-state index is 0. The summed E-state index contributed by atoms with van der Waals surface area (Å²) in [4.78, 5) is 16.6. The predicted octanol–water partition coefficient (Wildman–Crippen LogP) is 2.55. The van der Waals surface area contributed by atoms with Gasteiger partial charge in [0.15, 0.2) is 11.5 Å². The second-order valence-electron chi connectivity index (χ2n) is 7.42. The van der Waals surface area contributed by atoms with Crippen molar-refractivity contribution in [3.05, 3.63) is 47.5 Å². The maximum Gasteiger partial charge on any atom is 0.254 e. The summed E-state index contributed by atoms with van der Waals surface area (Å²) in [6.07, 6.45) is -0.582. The molecule has 0 unspecified atom stereocenters. The Morgan fingerprint density at radius 2 is 1.72 bits per heavy atom. The summed E-state index contributed by atoms with van der Waals surface area (Å²) in [7, 11) is 6.90. The second kappa shape index (κ2) is 12.1. The van der Waals surface area contributed by atoms with E-state index in [9.17, 15) is 9.90 Å². The van der Waals surface area contributed by atoms with Gasteiger partial charge in [0.1, 0.15) is 11.5 Å². The maximum absolute atomic E-state index is 13.0. The lowest BCUT2D eigenvalue weighted by Gasteiger charge is -2.21. The molecule has 0 aliphatic carbocycles. The Hall–Kier alpha value is -2.23. The molecule has 1 fully saturated rings. The van der Waals surface area contributed by atoms with Gasteiger partial charge in [-0.25, -0.2) is 0 Å². The number of carbonyl (C=O) groups is 1. The summed E-state index contributed by atoms with van der Waals surface area (Å²) in [6, 6.07) is 10.4. The van der Waals surface area contributed by atoms with E-state index in [0.29, 0.717) is 35.1 Å². The van der Waals surface area contributed by atoms with Crippen molar-refractivity contribution in [2.75, 3.05) is 41.4 Å². The van der Waals surface area contributed by atoms with Crippen LogP contribution < -0.4 is 19.9 Å². The molecule has 0 saturated carbocycles. The molecule has 0 bridgehead atoms. The Labute approximate surface area is 201 Å².